The zero-order chi connectivity index (χ0) is 25.8. The third-order valence-corrected chi connectivity index (χ3v) is 7.44. The molecule has 0 spiro atoms. The van der Waals surface area contributed by atoms with Crippen LogP contribution in [0.4, 0.5) is 5.69 Å². The van der Waals surface area contributed by atoms with Gasteiger partial charge >= 0.3 is 0 Å². The topological polar surface area (TPSA) is 165 Å². The number of ketones is 2. The maximum absolute atomic E-state index is 13.7. The fourth-order valence-corrected chi connectivity index (χ4v) is 5.61. The number of allylic oxidation sites excluding steroid dienone is 3. The van der Waals surface area contributed by atoms with Crippen LogP contribution in [0.2, 0.25) is 0 Å². The van der Waals surface area contributed by atoms with Crippen LogP contribution < -0.4 is 21.3 Å². The van der Waals surface area contributed by atoms with E-state index in [1.165, 1.54) is 0 Å². The lowest BCUT2D eigenvalue weighted by molar-refractivity contribution is -0.126. The molecule has 7 N–H and O–H groups in total. The molecule has 0 bridgehead atoms. The average molecular weight is 501 g/mol. The van der Waals surface area contributed by atoms with Crippen LogP contribution in [0, 0.1) is 17.8 Å². The molecule has 0 radical (unpaired) electrons. The van der Waals surface area contributed by atoms with Gasteiger partial charge in [0.1, 0.15) is 22.8 Å². The van der Waals surface area contributed by atoms with Gasteiger partial charge in [0, 0.05) is 50.9 Å². The highest BCUT2D eigenvalue weighted by Gasteiger charge is 2.50. The van der Waals surface area contributed by atoms with Crippen molar-refractivity contribution < 1.29 is 29.7 Å². The molecule has 0 heterocycles. The Hall–Kier alpha value is -3.60. The molecule has 11 heteroatoms. The van der Waals surface area contributed by atoms with Crippen molar-refractivity contribution in [2.45, 2.75) is 25.8 Å². The molecule has 3 aliphatic carbocycles. The van der Waals surface area contributed by atoms with E-state index in [0.717, 1.165) is 5.69 Å². The average Bonchev–Trinajstić information content (AvgIpc) is 2.77. The summed E-state index contributed by atoms with van der Waals surface area (Å²) in [7, 11) is 5.33. The van der Waals surface area contributed by atoms with Gasteiger partial charge in [-0.2, -0.15) is 0 Å². The molecule has 10 nitrogen and oxygen atoms in total. The van der Waals surface area contributed by atoms with Crippen LogP contribution in [0.15, 0.2) is 28.7 Å². The number of anilines is 1. The Morgan fingerprint density at radius 2 is 1.91 bits per heavy atom. The number of hydrogen-bond acceptors (Lipinski definition) is 8. The number of benzene rings is 1. The van der Waals surface area contributed by atoms with E-state index < -0.39 is 46.6 Å². The fourth-order valence-electron chi connectivity index (χ4n) is 5.54. The van der Waals surface area contributed by atoms with Crippen molar-refractivity contribution in [1.82, 2.24) is 10.6 Å². The molecule has 4 rings (SSSR count). The van der Waals surface area contributed by atoms with E-state index in [2.05, 4.69) is 10.6 Å². The summed E-state index contributed by atoms with van der Waals surface area (Å²) in [5.41, 5.74) is 6.73. The Balaban J connectivity index is 1.83. The number of rotatable bonds is 4. The maximum atomic E-state index is 13.7. The summed E-state index contributed by atoms with van der Waals surface area (Å²) in [5.74, 6) is -5.46. The molecule has 1 aromatic carbocycles. The van der Waals surface area contributed by atoms with Gasteiger partial charge in [0.15, 0.2) is 16.7 Å². The first kappa shape index (κ1) is 24.5. The normalized spacial score (nSPS) is 23.3. The fraction of sp³-hybridized carbons (Fsp3) is 0.417. The smallest absolute Gasteiger partial charge is 0.255 e. The van der Waals surface area contributed by atoms with Gasteiger partial charge in [-0.25, -0.2) is 0 Å². The van der Waals surface area contributed by atoms with Gasteiger partial charge in [0.2, 0.25) is 0 Å². The molecule has 3 atom stereocenters. The van der Waals surface area contributed by atoms with Crippen molar-refractivity contribution in [3.8, 4) is 5.75 Å². The summed E-state index contributed by atoms with van der Waals surface area (Å²) in [4.78, 5) is 40.3. The predicted octanol–water partition coefficient (Wildman–Crippen LogP) is 1.13. The van der Waals surface area contributed by atoms with E-state index in [0.29, 0.717) is 29.1 Å². The number of nitrogens with two attached hydrogens (primary N) is 1. The van der Waals surface area contributed by atoms with Gasteiger partial charge in [0.05, 0.1) is 11.5 Å². The number of carbonyl (C=O) groups is 3. The number of phenolic OH excluding ortho intramolecular Hbond substituents is 1. The van der Waals surface area contributed by atoms with E-state index in [9.17, 15) is 29.7 Å². The van der Waals surface area contributed by atoms with Crippen molar-refractivity contribution >= 4 is 40.5 Å². The maximum Gasteiger partial charge on any atom is 0.255 e. The standard InChI is InChI=1S/C24H28N4O6S/c1-26-24(35)27-8-11-6-13(28(2)3)12-5-9-4-10-7-14(29)18(23(25)34)22(33)16(10)20(31)15(9)21(32)17(12)19(11)30/h6,9-10,16,29-31H,4-5,7-8H2,1-3H3,(H2,25,34)(H2,26,27,35)/t9-,10+,16?/m1/s1. The second kappa shape index (κ2) is 8.88. The van der Waals surface area contributed by atoms with Crippen LogP contribution >= 0.6 is 12.2 Å². The molecular formula is C24H28N4O6S. The lowest BCUT2D eigenvalue weighted by Gasteiger charge is -2.41. The van der Waals surface area contributed by atoms with Crippen molar-refractivity contribution in [3.63, 3.8) is 0 Å². The number of aromatic hydroxyl groups is 1. The molecule has 1 amide bonds. The number of phenols is 1. The van der Waals surface area contributed by atoms with E-state index in [1.54, 1.807) is 13.1 Å². The number of fused-ring (bicyclic) bond motifs is 3. The Kier molecular flexibility index (Phi) is 6.22. The Bertz CT molecular complexity index is 1230. The van der Waals surface area contributed by atoms with Gasteiger partial charge in [0.25, 0.3) is 5.91 Å². The second-order valence-electron chi connectivity index (χ2n) is 9.34. The predicted molar refractivity (Wildman–Crippen MR) is 132 cm³/mol. The first-order valence-corrected chi connectivity index (χ1v) is 11.6. The number of amides is 1. The number of Topliss-reactive ketones (excluding diaryl/α,β-unsaturated/α-hetero) is 2. The van der Waals surface area contributed by atoms with Crippen LogP contribution in [0.3, 0.4) is 0 Å². The zero-order valence-electron chi connectivity index (χ0n) is 19.6. The lowest BCUT2D eigenvalue weighted by Crippen LogP contribution is -2.43. The van der Waals surface area contributed by atoms with Crippen LogP contribution in [0.5, 0.6) is 5.75 Å². The highest BCUT2D eigenvalue weighted by molar-refractivity contribution is 7.80. The summed E-state index contributed by atoms with van der Waals surface area (Å²) in [5, 5.41) is 38.6. The number of nitrogens with one attached hydrogen (secondary N) is 2. The third-order valence-electron chi connectivity index (χ3n) is 7.09. The van der Waals surface area contributed by atoms with Crippen molar-refractivity contribution in [2.24, 2.45) is 23.5 Å². The van der Waals surface area contributed by atoms with Gasteiger partial charge < -0.3 is 36.6 Å². The van der Waals surface area contributed by atoms with Crippen LogP contribution in [-0.2, 0) is 22.6 Å². The zero-order valence-corrected chi connectivity index (χ0v) is 20.5. The summed E-state index contributed by atoms with van der Waals surface area (Å²) in [6.45, 7) is 0.163. The van der Waals surface area contributed by atoms with Gasteiger partial charge in [-0.05, 0) is 48.5 Å². The Morgan fingerprint density at radius 1 is 1.23 bits per heavy atom. The number of nitrogens with zero attached hydrogens (tertiary/aromatic N) is 1. The largest absolute Gasteiger partial charge is 0.511 e. The molecule has 35 heavy (non-hydrogen) atoms. The Labute approximate surface area is 207 Å². The molecule has 1 unspecified atom stereocenters. The second-order valence-corrected chi connectivity index (χ2v) is 9.75. The molecule has 0 aliphatic heterocycles. The Morgan fingerprint density at radius 3 is 2.51 bits per heavy atom. The van der Waals surface area contributed by atoms with Crippen molar-refractivity contribution in [1.29, 1.82) is 0 Å². The van der Waals surface area contributed by atoms with Crippen molar-refractivity contribution in [3.05, 3.63) is 45.4 Å². The number of primary amides is 1. The number of thiocarbonyl (C=S) groups is 1. The van der Waals surface area contributed by atoms with Gasteiger partial charge in [-0.1, -0.05) is 0 Å². The number of carbonyl (C=O) groups excluding carboxylic acids is 3. The van der Waals surface area contributed by atoms with E-state index >= 15 is 0 Å². The van der Waals surface area contributed by atoms with Crippen LogP contribution in [-0.4, -0.2) is 59.0 Å². The molecule has 0 fully saturated rings. The van der Waals surface area contributed by atoms with E-state index in [4.69, 9.17) is 18.0 Å². The first-order chi connectivity index (χ1) is 16.5. The summed E-state index contributed by atoms with van der Waals surface area (Å²) >= 11 is 5.11. The minimum absolute atomic E-state index is 0.00529. The summed E-state index contributed by atoms with van der Waals surface area (Å²) < 4.78 is 0. The number of aliphatic hydroxyl groups excluding tert-OH is 2. The lowest BCUT2D eigenvalue weighted by atomic mass is 9.62. The molecule has 3 aliphatic rings. The minimum Gasteiger partial charge on any atom is -0.511 e. The van der Waals surface area contributed by atoms with E-state index in [1.807, 2.05) is 19.0 Å². The molecule has 0 saturated heterocycles. The molecular weight excluding hydrogens is 472 g/mol. The van der Waals surface area contributed by atoms with Gasteiger partial charge in [-0.3, -0.25) is 14.4 Å². The SMILES string of the molecule is CNC(=S)NCc1cc(N(C)C)c2c(c1O)C(=O)C1=C(O)C3C(=O)C(C(N)=O)=C(O)C[C@@H]3C[C@@H]1C2. The van der Waals surface area contributed by atoms with E-state index in [-0.39, 0.29) is 35.6 Å². The quantitative estimate of drug-likeness (QED) is 0.261. The number of aliphatic hydroxyl groups is 2. The summed E-state index contributed by atoms with van der Waals surface area (Å²) in [6, 6.07) is 1.80. The van der Waals surface area contributed by atoms with Crippen LogP contribution in [0.1, 0.15) is 34.3 Å². The molecule has 186 valence electrons. The highest BCUT2D eigenvalue weighted by Crippen LogP contribution is 2.51. The van der Waals surface area contributed by atoms with Gasteiger partial charge in [-0.15, -0.1) is 0 Å². The first-order valence-electron chi connectivity index (χ1n) is 11.2. The molecule has 1 aromatic rings. The third kappa shape index (κ3) is 3.89. The minimum atomic E-state index is -1.14. The summed E-state index contributed by atoms with van der Waals surface area (Å²) in [6.07, 6.45) is 0.713. The molecule has 0 aromatic heterocycles. The molecule has 0 saturated carbocycles. The van der Waals surface area contributed by atoms with Crippen LogP contribution in [0.25, 0.3) is 0 Å². The number of hydrogen-bond donors (Lipinski definition) is 6. The highest BCUT2D eigenvalue weighted by atomic mass is 32.1. The monoisotopic (exact) mass is 500 g/mol. The van der Waals surface area contributed by atoms with Crippen molar-refractivity contribution in [2.75, 3.05) is 26.0 Å².